The van der Waals surface area contributed by atoms with Gasteiger partial charge in [-0.2, -0.15) is 4.72 Å². The molecule has 0 bridgehead atoms. The monoisotopic (exact) mass is 481 g/mol. The van der Waals surface area contributed by atoms with Crippen molar-refractivity contribution in [2.75, 3.05) is 64.3 Å². The van der Waals surface area contributed by atoms with Gasteiger partial charge < -0.3 is 19.9 Å². The SMILES string of the molecule is CC(=O)Nc1ccc(S(=O)(=O)N[C@@H](C)C(=O)N2CCN(C(=O)CN3CCOCC3)CC2)cc1. The van der Waals surface area contributed by atoms with Crippen LogP contribution in [-0.4, -0.2) is 106 Å². The van der Waals surface area contributed by atoms with Crippen LogP contribution in [0.1, 0.15) is 13.8 Å². The zero-order chi connectivity index (χ0) is 24.0. The highest BCUT2D eigenvalue weighted by molar-refractivity contribution is 7.89. The van der Waals surface area contributed by atoms with Crippen molar-refractivity contribution >= 4 is 33.4 Å². The highest BCUT2D eigenvalue weighted by Gasteiger charge is 2.30. The smallest absolute Gasteiger partial charge is 0.241 e. The van der Waals surface area contributed by atoms with E-state index >= 15 is 0 Å². The Morgan fingerprint density at radius 3 is 2.12 bits per heavy atom. The van der Waals surface area contributed by atoms with Crippen LogP contribution < -0.4 is 10.0 Å². The second-order valence-electron chi connectivity index (χ2n) is 8.14. The maximum atomic E-state index is 12.8. The molecule has 1 aromatic rings. The van der Waals surface area contributed by atoms with Gasteiger partial charge in [-0.3, -0.25) is 19.3 Å². The second kappa shape index (κ2) is 11.1. The molecule has 3 rings (SSSR count). The molecule has 3 amide bonds. The van der Waals surface area contributed by atoms with E-state index in [1.165, 1.54) is 38.1 Å². The number of sulfonamides is 1. The van der Waals surface area contributed by atoms with E-state index in [1.807, 2.05) is 0 Å². The van der Waals surface area contributed by atoms with Gasteiger partial charge in [-0.25, -0.2) is 8.42 Å². The molecule has 2 saturated heterocycles. The summed E-state index contributed by atoms with van der Waals surface area (Å²) in [6.07, 6.45) is 0. The van der Waals surface area contributed by atoms with Crippen molar-refractivity contribution < 1.29 is 27.5 Å². The first-order valence-corrected chi connectivity index (χ1v) is 12.4. The first kappa shape index (κ1) is 25.1. The molecule has 182 valence electrons. The van der Waals surface area contributed by atoms with Crippen molar-refractivity contribution in [1.82, 2.24) is 19.4 Å². The fourth-order valence-corrected chi connectivity index (χ4v) is 4.97. The van der Waals surface area contributed by atoms with E-state index in [0.29, 0.717) is 51.6 Å². The lowest BCUT2D eigenvalue weighted by Crippen LogP contribution is -2.56. The van der Waals surface area contributed by atoms with E-state index in [1.54, 1.807) is 9.80 Å². The Balaban J connectivity index is 1.49. The third-order valence-corrected chi connectivity index (χ3v) is 7.15. The van der Waals surface area contributed by atoms with E-state index < -0.39 is 16.1 Å². The first-order valence-electron chi connectivity index (χ1n) is 10.9. The quantitative estimate of drug-likeness (QED) is 0.528. The molecule has 2 aliphatic rings. The highest BCUT2D eigenvalue weighted by Crippen LogP contribution is 2.15. The fraction of sp³-hybridized carbons (Fsp3) is 0.571. The number of hydrogen-bond acceptors (Lipinski definition) is 7. The van der Waals surface area contributed by atoms with Crippen LogP contribution in [0.5, 0.6) is 0 Å². The number of benzene rings is 1. The summed E-state index contributed by atoms with van der Waals surface area (Å²) in [7, 11) is -3.92. The first-order chi connectivity index (χ1) is 15.7. The lowest BCUT2D eigenvalue weighted by atomic mass is 10.2. The highest BCUT2D eigenvalue weighted by atomic mass is 32.2. The van der Waals surface area contributed by atoms with Gasteiger partial charge in [0.05, 0.1) is 30.7 Å². The number of anilines is 1. The van der Waals surface area contributed by atoms with Gasteiger partial charge in [-0.15, -0.1) is 0 Å². The molecular weight excluding hydrogens is 450 g/mol. The molecule has 0 unspecified atom stereocenters. The minimum Gasteiger partial charge on any atom is -0.379 e. The minimum absolute atomic E-state index is 0.00483. The van der Waals surface area contributed by atoms with Gasteiger partial charge >= 0.3 is 0 Å². The molecule has 0 spiro atoms. The van der Waals surface area contributed by atoms with Gasteiger partial charge in [0, 0.05) is 51.9 Å². The number of rotatable bonds is 7. The van der Waals surface area contributed by atoms with Crippen molar-refractivity contribution in [2.45, 2.75) is 24.8 Å². The molecule has 2 N–H and O–H groups in total. The lowest BCUT2D eigenvalue weighted by Gasteiger charge is -2.37. The van der Waals surface area contributed by atoms with Crippen molar-refractivity contribution in [2.24, 2.45) is 0 Å². The standard InChI is InChI=1S/C21H31N5O6S/c1-16(23-33(30,31)19-5-3-18(4-6-19)22-17(2)27)21(29)26-9-7-25(8-10-26)20(28)15-24-11-13-32-14-12-24/h3-6,16,23H,7-15H2,1-2H3,(H,22,27)/t16-/m0/s1. The second-order valence-corrected chi connectivity index (χ2v) is 9.86. The number of ether oxygens (including phenoxy) is 1. The summed E-state index contributed by atoms with van der Waals surface area (Å²) >= 11 is 0. The Morgan fingerprint density at radius 2 is 1.55 bits per heavy atom. The third-order valence-electron chi connectivity index (χ3n) is 5.59. The van der Waals surface area contributed by atoms with Gasteiger partial charge in [0.2, 0.25) is 27.7 Å². The van der Waals surface area contributed by atoms with E-state index in [-0.39, 0.29) is 22.6 Å². The molecule has 11 nitrogen and oxygen atoms in total. The van der Waals surface area contributed by atoms with E-state index in [2.05, 4.69) is 14.9 Å². The average Bonchev–Trinajstić information content (AvgIpc) is 2.79. The number of hydrogen-bond donors (Lipinski definition) is 2. The molecule has 0 aromatic heterocycles. The zero-order valence-corrected chi connectivity index (χ0v) is 19.8. The lowest BCUT2D eigenvalue weighted by molar-refractivity contribution is -0.141. The molecule has 2 fully saturated rings. The van der Waals surface area contributed by atoms with Crippen LogP contribution in [-0.2, 0) is 29.1 Å². The van der Waals surface area contributed by atoms with Crippen LogP contribution in [0.2, 0.25) is 0 Å². The van der Waals surface area contributed by atoms with Gasteiger partial charge in [0.1, 0.15) is 0 Å². The predicted molar refractivity (Wildman–Crippen MR) is 121 cm³/mol. The largest absolute Gasteiger partial charge is 0.379 e. The average molecular weight is 482 g/mol. The number of piperazine rings is 1. The molecule has 12 heteroatoms. The summed E-state index contributed by atoms with van der Waals surface area (Å²) in [6, 6.07) is 4.74. The van der Waals surface area contributed by atoms with Gasteiger partial charge in [0.15, 0.2) is 0 Å². The molecule has 1 aromatic carbocycles. The minimum atomic E-state index is -3.92. The normalized spacial score (nSPS) is 18.6. The molecule has 0 radical (unpaired) electrons. The zero-order valence-electron chi connectivity index (χ0n) is 19.0. The van der Waals surface area contributed by atoms with Crippen LogP contribution in [0, 0.1) is 0 Å². The third kappa shape index (κ3) is 6.97. The Hall–Kier alpha value is -2.54. The Bertz CT molecular complexity index is 954. The van der Waals surface area contributed by atoms with Gasteiger partial charge in [-0.1, -0.05) is 0 Å². The van der Waals surface area contributed by atoms with Crippen molar-refractivity contribution in [3.05, 3.63) is 24.3 Å². The van der Waals surface area contributed by atoms with E-state index in [0.717, 1.165) is 13.1 Å². The van der Waals surface area contributed by atoms with Gasteiger partial charge in [0.25, 0.3) is 0 Å². The topological polar surface area (TPSA) is 128 Å². The van der Waals surface area contributed by atoms with Crippen molar-refractivity contribution in [3.63, 3.8) is 0 Å². The number of carbonyl (C=O) groups excluding carboxylic acids is 3. The summed E-state index contributed by atoms with van der Waals surface area (Å²) in [6.45, 7) is 7.46. The summed E-state index contributed by atoms with van der Waals surface area (Å²) in [4.78, 5) is 41.8. The summed E-state index contributed by atoms with van der Waals surface area (Å²) < 4.78 is 33.0. The molecule has 2 aliphatic heterocycles. The molecule has 33 heavy (non-hydrogen) atoms. The van der Waals surface area contributed by atoms with E-state index in [4.69, 9.17) is 4.74 Å². The number of nitrogens with one attached hydrogen (secondary N) is 2. The van der Waals surface area contributed by atoms with Crippen molar-refractivity contribution in [3.8, 4) is 0 Å². The Kier molecular flexibility index (Phi) is 8.40. The molecule has 2 heterocycles. The Morgan fingerprint density at radius 1 is 0.970 bits per heavy atom. The Labute approximate surface area is 194 Å². The number of amides is 3. The maximum absolute atomic E-state index is 12.8. The van der Waals surface area contributed by atoms with Crippen LogP contribution in [0.3, 0.4) is 0 Å². The van der Waals surface area contributed by atoms with Crippen LogP contribution in [0.4, 0.5) is 5.69 Å². The summed E-state index contributed by atoms with van der Waals surface area (Å²) in [5.74, 6) is -0.569. The number of carbonyl (C=O) groups is 3. The molecule has 1 atom stereocenters. The molecular formula is C21H31N5O6S. The van der Waals surface area contributed by atoms with Gasteiger partial charge in [-0.05, 0) is 31.2 Å². The number of morpholine rings is 1. The molecule has 0 saturated carbocycles. The van der Waals surface area contributed by atoms with E-state index in [9.17, 15) is 22.8 Å². The summed E-state index contributed by atoms with van der Waals surface area (Å²) in [5.41, 5.74) is 0.478. The molecule has 0 aliphatic carbocycles. The predicted octanol–water partition coefficient (Wildman–Crippen LogP) is -0.685. The van der Waals surface area contributed by atoms with Crippen molar-refractivity contribution in [1.29, 1.82) is 0 Å². The number of nitrogens with zero attached hydrogens (tertiary/aromatic N) is 3. The van der Waals surface area contributed by atoms with Crippen LogP contribution in [0.25, 0.3) is 0 Å². The summed E-state index contributed by atoms with van der Waals surface area (Å²) in [5, 5.41) is 2.57. The van der Waals surface area contributed by atoms with Crippen LogP contribution >= 0.6 is 0 Å². The maximum Gasteiger partial charge on any atom is 0.241 e. The van der Waals surface area contributed by atoms with Crippen LogP contribution in [0.15, 0.2) is 29.2 Å². The fourth-order valence-electron chi connectivity index (χ4n) is 3.77.